The minimum atomic E-state index is -1.000. The maximum absolute atomic E-state index is 12.6. The van der Waals surface area contributed by atoms with E-state index in [0.717, 1.165) is 22.3 Å². The lowest BCUT2D eigenvalue weighted by Gasteiger charge is -2.16. The van der Waals surface area contributed by atoms with E-state index in [4.69, 9.17) is 9.84 Å². The van der Waals surface area contributed by atoms with E-state index < -0.39 is 23.9 Å². The van der Waals surface area contributed by atoms with Crippen LogP contribution in [-0.2, 0) is 9.53 Å². The molecule has 3 aromatic rings. The zero-order chi connectivity index (χ0) is 23.4. The third-order valence-corrected chi connectivity index (χ3v) is 5.74. The Morgan fingerprint density at radius 2 is 1.48 bits per heavy atom. The van der Waals surface area contributed by atoms with E-state index in [1.807, 2.05) is 36.4 Å². The van der Waals surface area contributed by atoms with E-state index in [2.05, 4.69) is 22.8 Å². The van der Waals surface area contributed by atoms with Crippen molar-refractivity contribution in [3.8, 4) is 11.1 Å². The van der Waals surface area contributed by atoms with Gasteiger partial charge >= 0.3 is 12.1 Å². The molecule has 0 heterocycles. The molecule has 3 aromatic carbocycles. The van der Waals surface area contributed by atoms with Gasteiger partial charge in [0.25, 0.3) is 5.91 Å². The van der Waals surface area contributed by atoms with Crippen LogP contribution in [0.1, 0.15) is 34.3 Å². The summed E-state index contributed by atoms with van der Waals surface area (Å²) in [5.41, 5.74) is 5.01. The molecular weight excluding hydrogens is 420 g/mol. The number of anilines is 1. The van der Waals surface area contributed by atoms with E-state index in [9.17, 15) is 14.4 Å². The van der Waals surface area contributed by atoms with Gasteiger partial charge in [0, 0.05) is 12.5 Å². The number of para-hydroxylation sites is 1. The number of carbonyl (C=O) groups excluding carboxylic acids is 2. The predicted octanol–water partition coefficient (Wildman–Crippen LogP) is 4.50. The van der Waals surface area contributed by atoms with Crippen LogP contribution >= 0.6 is 0 Å². The molecule has 1 aliphatic carbocycles. The minimum Gasteiger partial charge on any atom is -0.481 e. The molecule has 0 aliphatic heterocycles. The van der Waals surface area contributed by atoms with Gasteiger partial charge in [-0.3, -0.25) is 14.9 Å². The Balaban J connectivity index is 1.42. The van der Waals surface area contributed by atoms with Crippen LogP contribution in [0, 0.1) is 5.92 Å². The molecule has 1 aliphatic rings. The molecule has 4 rings (SSSR count). The van der Waals surface area contributed by atoms with Crippen LogP contribution in [0.4, 0.5) is 10.5 Å². The van der Waals surface area contributed by atoms with Crippen LogP contribution in [0.25, 0.3) is 11.1 Å². The topological polar surface area (TPSA) is 105 Å². The van der Waals surface area contributed by atoms with Gasteiger partial charge in [-0.25, -0.2) is 4.79 Å². The Morgan fingerprint density at radius 1 is 0.909 bits per heavy atom. The lowest BCUT2D eigenvalue weighted by molar-refractivity contribution is -0.140. The van der Waals surface area contributed by atoms with Crippen LogP contribution in [-0.4, -0.2) is 36.2 Å². The number of fused-ring (bicyclic) bond motifs is 3. The zero-order valence-corrected chi connectivity index (χ0v) is 18.1. The van der Waals surface area contributed by atoms with Crippen LogP contribution in [0.3, 0.4) is 0 Å². The molecule has 33 heavy (non-hydrogen) atoms. The second kappa shape index (κ2) is 9.56. The highest BCUT2D eigenvalue weighted by Gasteiger charge is 2.29. The Bertz CT molecular complexity index is 1160. The molecule has 0 saturated heterocycles. The second-order valence-corrected chi connectivity index (χ2v) is 7.95. The summed E-state index contributed by atoms with van der Waals surface area (Å²) in [6.45, 7) is 1.64. The lowest BCUT2D eigenvalue weighted by atomic mass is 9.98. The fraction of sp³-hybridized carbons (Fsp3) is 0.192. The first-order valence-corrected chi connectivity index (χ1v) is 10.7. The maximum atomic E-state index is 12.6. The zero-order valence-electron chi connectivity index (χ0n) is 18.1. The molecular formula is C26H24N2O5. The van der Waals surface area contributed by atoms with Gasteiger partial charge in [-0.05, 0) is 34.4 Å². The first-order chi connectivity index (χ1) is 16.0. The summed E-state index contributed by atoms with van der Waals surface area (Å²) in [4.78, 5) is 36.1. The molecule has 1 unspecified atom stereocenters. The van der Waals surface area contributed by atoms with Crippen LogP contribution in [0.5, 0.6) is 0 Å². The molecule has 0 saturated carbocycles. The van der Waals surface area contributed by atoms with Gasteiger partial charge in [0.05, 0.1) is 17.2 Å². The molecule has 0 spiro atoms. The molecule has 0 fully saturated rings. The largest absolute Gasteiger partial charge is 0.481 e. The van der Waals surface area contributed by atoms with E-state index in [0.29, 0.717) is 0 Å². The number of carboxylic acid groups (broad SMARTS) is 1. The number of amides is 2. The minimum absolute atomic E-state index is 0.0204. The predicted molar refractivity (Wildman–Crippen MR) is 124 cm³/mol. The van der Waals surface area contributed by atoms with Gasteiger partial charge in [-0.1, -0.05) is 67.6 Å². The van der Waals surface area contributed by atoms with Gasteiger partial charge in [-0.2, -0.15) is 0 Å². The number of carboxylic acids is 1. The monoisotopic (exact) mass is 444 g/mol. The number of hydrogen-bond acceptors (Lipinski definition) is 4. The lowest BCUT2D eigenvalue weighted by Crippen LogP contribution is -2.32. The van der Waals surface area contributed by atoms with Gasteiger partial charge < -0.3 is 15.2 Å². The van der Waals surface area contributed by atoms with Crippen molar-refractivity contribution in [3.63, 3.8) is 0 Å². The normalized spacial score (nSPS) is 12.9. The summed E-state index contributed by atoms with van der Waals surface area (Å²) in [6, 6.07) is 22.6. The summed E-state index contributed by atoms with van der Waals surface area (Å²) < 4.78 is 5.55. The third-order valence-electron chi connectivity index (χ3n) is 5.74. The van der Waals surface area contributed by atoms with Crippen molar-refractivity contribution in [1.29, 1.82) is 0 Å². The molecule has 3 N–H and O–H groups in total. The molecule has 0 bridgehead atoms. The number of benzene rings is 3. The van der Waals surface area contributed by atoms with Gasteiger partial charge in [0.1, 0.15) is 6.61 Å². The quantitative estimate of drug-likeness (QED) is 0.498. The van der Waals surface area contributed by atoms with Crippen molar-refractivity contribution < 1.29 is 24.2 Å². The Labute approximate surface area is 191 Å². The molecule has 0 radical (unpaired) electrons. The highest BCUT2D eigenvalue weighted by Crippen LogP contribution is 2.44. The molecule has 168 valence electrons. The van der Waals surface area contributed by atoms with Gasteiger partial charge in [0.2, 0.25) is 0 Å². The number of hydrogen-bond donors (Lipinski definition) is 3. The van der Waals surface area contributed by atoms with Crippen LogP contribution in [0.2, 0.25) is 0 Å². The Kier molecular flexibility index (Phi) is 6.40. The molecule has 7 nitrogen and oxygen atoms in total. The Morgan fingerprint density at radius 3 is 2.12 bits per heavy atom. The Hall–Kier alpha value is -4.13. The smallest absolute Gasteiger partial charge is 0.411 e. The summed E-state index contributed by atoms with van der Waals surface area (Å²) in [5.74, 6) is -2.27. The molecule has 1 atom stereocenters. The van der Waals surface area contributed by atoms with E-state index in [1.165, 1.54) is 6.92 Å². The summed E-state index contributed by atoms with van der Waals surface area (Å²) >= 11 is 0. The van der Waals surface area contributed by atoms with Gasteiger partial charge in [-0.15, -0.1) is 0 Å². The van der Waals surface area contributed by atoms with Crippen molar-refractivity contribution in [2.24, 2.45) is 5.92 Å². The van der Waals surface area contributed by atoms with E-state index >= 15 is 0 Å². The van der Waals surface area contributed by atoms with Gasteiger partial charge in [0.15, 0.2) is 0 Å². The number of carbonyl (C=O) groups is 3. The number of ether oxygens (including phenoxy) is 1. The fourth-order valence-corrected chi connectivity index (χ4v) is 3.96. The first-order valence-electron chi connectivity index (χ1n) is 10.7. The number of aliphatic carboxylic acids is 1. The van der Waals surface area contributed by atoms with Crippen molar-refractivity contribution in [2.75, 3.05) is 18.5 Å². The highest BCUT2D eigenvalue weighted by molar-refractivity contribution is 6.02. The number of rotatable bonds is 7. The first kappa shape index (κ1) is 22.1. The van der Waals surface area contributed by atoms with Crippen molar-refractivity contribution in [1.82, 2.24) is 5.32 Å². The summed E-state index contributed by atoms with van der Waals surface area (Å²) in [7, 11) is 0. The third kappa shape index (κ3) is 4.72. The standard InChI is InChI=1S/C26H24N2O5/c1-16(25(30)31)14-27-24(29)21-12-6-7-13-23(21)28-26(32)33-15-22-19-10-4-2-8-17(19)18-9-3-5-11-20(18)22/h2-13,16,22H,14-15H2,1H3,(H,27,29)(H,28,32)(H,30,31). The maximum Gasteiger partial charge on any atom is 0.411 e. The van der Waals surface area contributed by atoms with Crippen molar-refractivity contribution >= 4 is 23.7 Å². The molecule has 7 heteroatoms. The number of nitrogens with one attached hydrogen (secondary N) is 2. The summed E-state index contributed by atoms with van der Waals surface area (Å²) in [5, 5.41) is 14.2. The van der Waals surface area contributed by atoms with Crippen LogP contribution < -0.4 is 10.6 Å². The van der Waals surface area contributed by atoms with E-state index in [1.54, 1.807) is 24.3 Å². The average molecular weight is 444 g/mol. The van der Waals surface area contributed by atoms with E-state index in [-0.39, 0.29) is 30.3 Å². The SMILES string of the molecule is CC(CNC(=O)c1ccccc1NC(=O)OCC1c2ccccc2-c2ccccc21)C(=O)O. The second-order valence-electron chi connectivity index (χ2n) is 7.95. The van der Waals surface area contributed by atoms with Crippen molar-refractivity contribution in [3.05, 3.63) is 89.5 Å². The van der Waals surface area contributed by atoms with Crippen LogP contribution in [0.15, 0.2) is 72.8 Å². The average Bonchev–Trinajstić information content (AvgIpc) is 3.15. The molecule has 2 amide bonds. The molecule has 0 aromatic heterocycles. The highest BCUT2D eigenvalue weighted by atomic mass is 16.5. The fourth-order valence-electron chi connectivity index (χ4n) is 3.96. The summed E-state index contributed by atoms with van der Waals surface area (Å²) in [6.07, 6.45) is -0.670. The van der Waals surface area contributed by atoms with Crippen molar-refractivity contribution in [2.45, 2.75) is 12.8 Å².